The van der Waals surface area contributed by atoms with Crippen LogP contribution in [0.5, 0.6) is 0 Å². The number of hydrogen-bond acceptors (Lipinski definition) is 3. The molecule has 0 aromatic heterocycles. The van der Waals surface area contributed by atoms with Crippen molar-refractivity contribution >= 4 is 17.7 Å². The van der Waals surface area contributed by atoms with Crippen LogP contribution >= 0.6 is 11.8 Å². The number of carbonyl (C=O) groups is 1. The van der Waals surface area contributed by atoms with Gasteiger partial charge in [-0.3, -0.25) is 4.79 Å². The predicted molar refractivity (Wildman–Crippen MR) is 66.4 cm³/mol. The van der Waals surface area contributed by atoms with Crippen LogP contribution in [0, 0.1) is 11.3 Å². The zero-order valence-corrected chi connectivity index (χ0v) is 10.6. The third-order valence-electron chi connectivity index (χ3n) is 2.04. The summed E-state index contributed by atoms with van der Waals surface area (Å²) >= 11 is 1.20. The minimum atomic E-state index is -4.39. The summed E-state index contributed by atoms with van der Waals surface area (Å²) in [6.45, 7) is -1.31. The molecule has 0 saturated heterocycles. The fraction of sp³-hybridized carbons (Fsp3) is 0.333. The Kier molecular flexibility index (Phi) is 5.70. The Labute approximate surface area is 112 Å². The van der Waals surface area contributed by atoms with Crippen LogP contribution in [-0.4, -0.2) is 24.4 Å². The predicted octanol–water partition coefficient (Wildman–Crippen LogP) is 2.47. The van der Waals surface area contributed by atoms with Crippen molar-refractivity contribution in [3.8, 4) is 6.07 Å². The van der Waals surface area contributed by atoms with Gasteiger partial charge in [0.25, 0.3) is 0 Å². The van der Waals surface area contributed by atoms with E-state index in [1.165, 1.54) is 11.8 Å². The zero-order chi connectivity index (χ0) is 14.3. The van der Waals surface area contributed by atoms with Crippen molar-refractivity contribution in [3.05, 3.63) is 35.4 Å². The largest absolute Gasteiger partial charge is 0.405 e. The van der Waals surface area contributed by atoms with Gasteiger partial charge in [-0.15, -0.1) is 11.8 Å². The summed E-state index contributed by atoms with van der Waals surface area (Å²) in [6.07, 6.45) is -4.39. The molecule has 0 atom stereocenters. The van der Waals surface area contributed by atoms with Gasteiger partial charge in [-0.2, -0.15) is 18.4 Å². The first kappa shape index (κ1) is 15.4. The molecule has 0 radical (unpaired) electrons. The molecule has 1 amide bonds. The molecule has 0 fully saturated rings. The Hall–Kier alpha value is -1.68. The molecule has 0 aliphatic heterocycles. The number of nitrogens with zero attached hydrogens (tertiary/aromatic N) is 1. The SMILES string of the molecule is N#Cc1cccc(CSCC(=O)NCC(F)(F)F)c1. The van der Waals surface area contributed by atoms with E-state index in [0.717, 1.165) is 5.56 Å². The van der Waals surface area contributed by atoms with Gasteiger partial charge < -0.3 is 5.32 Å². The van der Waals surface area contributed by atoms with E-state index in [0.29, 0.717) is 11.3 Å². The number of hydrogen-bond donors (Lipinski definition) is 1. The highest BCUT2D eigenvalue weighted by Gasteiger charge is 2.27. The quantitative estimate of drug-likeness (QED) is 0.905. The van der Waals surface area contributed by atoms with Crippen LogP contribution in [-0.2, 0) is 10.5 Å². The summed E-state index contributed by atoms with van der Waals surface area (Å²) in [6, 6.07) is 8.84. The lowest BCUT2D eigenvalue weighted by atomic mass is 10.2. The maximum Gasteiger partial charge on any atom is 0.405 e. The van der Waals surface area contributed by atoms with Gasteiger partial charge in [0.05, 0.1) is 17.4 Å². The van der Waals surface area contributed by atoms with Crippen molar-refractivity contribution in [2.45, 2.75) is 11.9 Å². The first-order chi connectivity index (χ1) is 8.90. The van der Waals surface area contributed by atoms with Crippen molar-refractivity contribution in [2.75, 3.05) is 12.3 Å². The Morgan fingerprint density at radius 3 is 2.79 bits per heavy atom. The highest BCUT2D eigenvalue weighted by molar-refractivity contribution is 7.99. The first-order valence-corrected chi connectivity index (χ1v) is 6.46. The maximum absolute atomic E-state index is 11.8. The summed E-state index contributed by atoms with van der Waals surface area (Å²) in [5.41, 5.74) is 1.37. The van der Waals surface area contributed by atoms with Crippen LogP contribution in [0.3, 0.4) is 0 Å². The summed E-state index contributed by atoms with van der Waals surface area (Å²) in [4.78, 5) is 11.1. The molecule has 1 N–H and O–H groups in total. The van der Waals surface area contributed by atoms with Crippen LogP contribution in [0.15, 0.2) is 24.3 Å². The molecule has 1 aromatic rings. The molecule has 0 heterocycles. The minimum absolute atomic E-state index is 0.0487. The molecular formula is C12H11F3N2OS. The molecule has 1 rings (SSSR count). The van der Waals surface area contributed by atoms with Crippen molar-refractivity contribution in [3.63, 3.8) is 0 Å². The van der Waals surface area contributed by atoms with E-state index in [1.54, 1.807) is 29.6 Å². The standard InChI is InChI=1S/C12H11F3N2OS/c13-12(14,15)8-17-11(18)7-19-6-10-3-1-2-9(4-10)5-16/h1-4H,6-8H2,(H,17,18). The second-order valence-electron chi connectivity index (χ2n) is 3.70. The smallest absolute Gasteiger partial charge is 0.346 e. The molecule has 0 aliphatic carbocycles. The van der Waals surface area contributed by atoms with E-state index in [9.17, 15) is 18.0 Å². The van der Waals surface area contributed by atoms with E-state index in [2.05, 4.69) is 0 Å². The molecular weight excluding hydrogens is 277 g/mol. The number of rotatable bonds is 5. The Morgan fingerprint density at radius 1 is 1.42 bits per heavy atom. The Morgan fingerprint density at radius 2 is 2.16 bits per heavy atom. The molecule has 0 unspecified atom stereocenters. The summed E-state index contributed by atoms with van der Waals surface area (Å²) in [5, 5.41) is 10.5. The maximum atomic E-state index is 11.8. The van der Waals surface area contributed by atoms with E-state index in [4.69, 9.17) is 5.26 Å². The number of nitriles is 1. The Balaban J connectivity index is 2.30. The first-order valence-electron chi connectivity index (χ1n) is 5.31. The molecule has 3 nitrogen and oxygen atoms in total. The van der Waals surface area contributed by atoms with Gasteiger partial charge in [0.2, 0.25) is 5.91 Å². The third-order valence-corrected chi connectivity index (χ3v) is 3.05. The van der Waals surface area contributed by atoms with E-state index < -0.39 is 18.6 Å². The number of nitrogens with one attached hydrogen (secondary N) is 1. The number of halogens is 3. The number of carbonyl (C=O) groups excluding carboxylic acids is 1. The van der Waals surface area contributed by atoms with Crippen molar-refractivity contribution in [1.29, 1.82) is 5.26 Å². The van der Waals surface area contributed by atoms with Crippen LogP contribution in [0.4, 0.5) is 13.2 Å². The normalized spacial score (nSPS) is 10.8. The number of alkyl halides is 3. The van der Waals surface area contributed by atoms with Crippen LogP contribution in [0.25, 0.3) is 0 Å². The molecule has 19 heavy (non-hydrogen) atoms. The number of amides is 1. The highest BCUT2D eigenvalue weighted by Crippen LogP contribution is 2.14. The van der Waals surface area contributed by atoms with Crippen LogP contribution < -0.4 is 5.32 Å². The lowest BCUT2D eigenvalue weighted by Gasteiger charge is -2.08. The van der Waals surface area contributed by atoms with Crippen molar-refractivity contribution < 1.29 is 18.0 Å². The van der Waals surface area contributed by atoms with Crippen LogP contribution in [0.2, 0.25) is 0 Å². The fourth-order valence-electron chi connectivity index (χ4n) is 1.24. The van der Waals surface area contributed by atoms with Crippen molar-refractivity contribution in [1.82, 2.24) is 5.32 Å². The summed E-state index contributed by atoms with van der Waals surface area (Å²) in [7, 11) is 0. The molecule has 0 aliphatic rings. The average Bonchev–Trinajstić information content (AvgIpc) is 2.36. The highest BCUT2D eigenvalue weighted by atomic mass is 32.2. The topological polar surface area (TPSA) is 52.9 Å². The summed E-state index contributed by atoms with van der Waals surface area (Å²) < 4.78 is 35.5. The third kappa shape index (κ3) is 6.72. The minimum Gasteiger partial charge on any atom is -0.346 e. The van der Waals surface area contributed by atoms with Gasteiger partial charge in [-0.1, -0.05) is 12.1 Å². The summed E-state index contributed by atoms with van der Waals surface area (Å²) in [5.74, 6) is -0.235. The molecule has 1 aromatic carbocycles. The van der Waals surface area contributed by atoms with E-state index in [-0.39, 0.29) is 5.75 Å². The van der Waals surface area contributed by atoms with Gasteiger partial charge in [0.15, 0.2) is 0 Å². The molecule has 0 saturated carbocycles. The molecule has 0 bridgehead atoms. The second kappa shape index (κ2) is 7.04. The second-order valence-corrected chi connectivity index (χ2v) is 4.68. The van der Waals surface area contributed by atoms with Gasteiger partial charge >= 0.3 is 6.18 Å². The number of thioether (sulfide) groups is 1. The van der Waals surface area contributed by atoms with Gasteiger partial charge in [0.1, 0.15) is 6.54 Å². The fourth-order valence-corrected chi connectivity index (χ4v) is 2.05. The van der Waals surface area contributed by atoms with Crippen LogP contribution in [0.1, 0.15) is 11.1 Å². The van der Waals surface area contributed by atoms with Crippen molar-refractivity contribution in [2.24, 2.45) is 0 Å². The zero-order valence-electron chi connectivity index (χ0n) is 9.83. The lowest BCUT2D eigenvalue weighted by molar-refractivity contribution is -0.136. The van der Waals surface area contributed by atoms with Gasteiger partial charge in [0, 0.05) is 5.75 Å². The average molecular weight is 288 g/mol. The Bertz CT molecular complexity index is 483. The lowest BCUT2D eigenvalue weighted by Crippen LogP contribution is -2.34. The molecule has 0 spiro atoms. The molecule has 102 valence electrons. The van der Waals surface area contributed by atoms with Gasteiger partial charge in [-0.05, 0) is 17.7 Å². The van der Waals surface area contributed by atoms with E-state index in [1.807, 2.05) is 6.07 Å². The van der Waals surface area contributed by atoms with E-state index >= 15 is 0 Å². The molecule has 7 heteroatoms. The number of benzene rings is 1. The monoisotopic (exact) mass is 288 g/mol. The van der Waals surface area contributed by atoms with Gasteiger partial charge in [-0.25, -0.2) is 0 Å².